The van der Waals surface area contributed by atoms with Gasteiger partial charge in [-0.25, -0.2) is 0 Å². The lowest BCUT2D eigenvalue weighted by molar-refractivity contribution is -0.127. The van der Waals surface area contributed by atoms with E-state index >= 15 is 0 Å². The van der Waals surface area contributed by atoms with E-state index in [-0.39, 0.29) is 35.3 Å². The number of primary amides is 1. The van der Waals surface area contributed by atoms with Gasteiger partial charge in [-0.05, 0) is 86.8 Å². The Kier molecular flexibility index (Phi) is 4.83. The van der Waals surface area contributed by atoms with E-state index in [0.717, 1.165) is 17.8 Å². The fraction of sp³-hybridized carbons (Fsp3) is 0.619. The second-order valence-electron chi connectivity index (χ2n) is 8.86. The number of hydrogen-bond acceptors (Lipinski definition) is 3. The second kappa shape index (κ2) is 7.01. The number of hydrogen-bond donors (Lipinski definition) is 2. The molecule has 2 amide bonds. The van der Waals surface area contributed by atoms with E-state index in [1.165, 1.54) is 44.6 Å². The van der Waals surface area contributed by atoms with Gasteiger partial charge in [-0.2, -0.15) is 0 Å². The van der Waals surface area contributed by atoms with Crippen molar-refractivity contribution in [3.05, 3.63) is 28.8 Å². The molecule has 0 saturated heterocycles. The zero-order chi connectivity index (χ0) is 19.2. The summed E-state index contributed by atoms with van der Waals surface area (Å²) in [6.07, 6.45) is 7.87. The Balaban J connectivity index is 1.37. The van der Waals surface area contributed by atoms with Crippen LogP contribution in [0.25, 0.3) is 0 Å². The maximum Gasteiger partial charge on any atom is 0.258 e. The van der Waals surface area contributed by atoms with E-state index in [0.29, 0.717) is 5.02 Å². The van der Waals surface area contributed by atoms with Crippen LogP contribution in [0.5, 0.6) is 5.75 Å². The third kappa shape index (κ3) is 3.66. The predicted molar refractivity (Wildman–Crippen MR) is 104 cm³/mol. The highest BCUT2D eigenvalue weighted by molar-refractivity contribution is 6.31. The normalized spacial score (nSPS) is 32.1. The van der Waals surface area contributed by atoms with E-state index in [1.54, 1.807) is 12.1 Å². The number of benzene rings is 1. The molecule has 5 rings (SSSR count). The summed E-state index contributed by atoms with van der Waals surface area (Å²) in [6, 6.07) is 4.77. The lowest BCUT2D eigenvalue weighted by Gasteiger charge is -2.59. The van der Waals surface area contributed by atoms with Crippen LogP contribution in [0.4, 0.5) is 0 Å². The molecule has 4 saturated carbocycles. The highest BCUT2D eigenvalue weighted by Gasteiger charge is 2.53. The standard InChI is InChI=1S/C21H27ClN2O3/c1-12(21-8-13-4-14(9-21)6-15(5-13)10-21)24-19(25)11-27-18-3-2-16(22)7-17(18)20(23)26/h2-3,7,12-15H,4-6,8-11H2,1H3,(H2,23,26)(H,24,25)/t12-,13?,14?,15?,21?/m1/s1. The van der Waals surface area contributed by atoms with Crippen LogP contribution in [0.15, 0.2) is 18.2 Å². The maximum absolute atomic E-state index is 12.5. The summed E-state index contributed by atoms with van der Waals surface area (Å²) < 4.78 is 5.56. The number of halogens is 1. The summed E-state index contributed by atoms with van der Waals surface area (Å²) in [6.45, 7) is 2.00. The number of carbonyl (C=O) groups is 2. The first-order valence-electron chi connectivity index (χ1n) is 9.86. The summed E-state index contributed by atoms with van der Waals surface area (Å²) in [5.41, 5.74) is 5.80. The lowest BCUT2D eigenvalue weighted by Crippen LogP contribution is -2.56. The minimum Gasteiger partial charge on any atom is -0.483 e. The van der Waals surface area contributed by atoms with Crippen LogP contribution in [-0.2, 0) is 4.79 Å². The number of carbonyl (C=O) groups excluding carboxylic acids is 2. The van der Waals surface area contributed by atoms with Crippen LogP contribution >= 0.6 is 11.6 Å². The van der Waals surface area contributed by atoms with Gasteiger partial charge in [0.2, 0.25) is 0 Å². The van der Waals surface area contributed by atoms with Crippen molar-refractivity contribution in [3.63, 3.8) is 0 Å². The van der Waals surface area contributed by atoms with E-state index in [1.807, 2.05) is 0 Å². The van der Waals surface area contributed by atoms with E-state index in [9.17, 15) is 9.59 Å². The average molecular weight is 391 g/mol. The largest absolute Gasteiger partial charge is 0.483 e. The van der Waals surface area contributed by atoms with Crippen LogP contribution in [0, 0.1) is 23.2 Å². The maximum atomic E-state index is 12.5. The van der Waals surface area contributed by atoms with Crippen LogP contribution in [0.2, 0.25) is 5.02 Å². The second-order valence-corrected chi connectivity index (χ2v) is 9.30. The smallest absolute Gasteiger partial charge is 0.258 e. The predicted octanol–water partition coefficient (Wildman–Crippen LogP) is 3.54. The van der Waals surface area contributed by atoms with Gasteiger partial charge in [-0.15, -0.1) is 0 Å². The SMILES string of the molecule is C[C@@H](NC(=O)COc1ccc(Cl)cc1C(N)=O)C12CC3CC(CC(C3)C1)C2. The Morgan fingerprint density at radius 1 is 1.22 bits per heavy atom. The molecule has 5 nitrogen and oxygen atoms in total. The first-order valence-corrected chi connectivity index (χ1v) is 10.2. The van der Waals surface area contributed by atoms with Crippen LogP contribution in [0.3, 0.4) is 0 Å². The molecule has 4 aliphatic carbocycles. The zero-order valence-corrected chi connectivity index (χ0v) is 16.4. The Labute approximate surface area is 165 Å². The summed E-state index contributed by atoms with van der Waals surface area (Å²) in [7, 11) is 0. The fourth-order valence-electron chi connectivity index (χ4n) is 6.11. The monoisotopic (exact) mass is 390 g/mol. The molecule has 4 aliphatic rings. The molecule has 1 aromatic carbocycles. The van der Waals surface area contributed by atoms with Crippen LogP contribution in [0.1, 0.15) is 55.8 Å². The molecule has 6 heteroatoms. The highest BCUT2D eigenvalue weighted by atomic mass is 35.5. The molecule has 4 fully saturated rings. The topological polar surface area (TPSA) is 81.4 Å². The van der Waals surface area contributed by atoms with E-state index in [4.69, 9.17) is 22.1 Å². The third-order valence-electron chi connectivity index (χ3n) is 6.95. The van der Waals surface area contributed by atoms with E-state index in [2.05, 4.69) is 12.2 Å². The quantitative estimate of drug-likeness (QED) is 0.779. The molecule has 0 spiro atoms. The number of ether oxygens (including phenoxy) is 1. The molecule has 1 atom stereocenters. The van der Waals surface area contributed by atoms with Gasteiger partial charge in [0, 0.05) is 11.1 Å². The van der Waals surface area contributed by atoms with Gasteiger partial charge in [-0.3, -0.25) is 9.59 Å². The van der Waals surface area contributed by atoms with Gasteiger partial charge in [-0.1, -0.05) is 11.6 Å². The number of nitrogens with two attached hydrogens (primary N) is 1. The zero-order valence-electron chi connectivity index (χ0n) is 15.7. The summed E-state index contributed by atoms with van der Waals surface area (Å²) in [4.78, 5) is 24.0. The summed E-state index contributed by atoms with van der Waals surface area (Å²) in [5.74, 6) is 2.03. The average Bonchev–Trinajstić information content (AvgIpc) is 2.59. The van der Waals surface area contributed by atoms with Gasteiger partial charge in [0.25, 0.3) is 11.8 Å². The molecule has 0 aromatic heterocycles. The van der Waals surface area contributed by atoms with Crippen LogP contribution < -0.4 is 15.8 Å². The minimum atomic E-state index is -0.630. The van der Waals surface area contributed by atoms with Crippen molar-refractivity contribution in [2.45, 2.75) is 51.5 Å². The molecule has 146 valence electrons. The fourth-order valence-corrected chi connectivity index (χ4v) is 6.28. The lowest BCUT2D eigenvalue weighted by atomic mass is 9.48. The molecule has 4 bridgehead atoms. The summed E-state index contributed by atoms with van der Waals surface area (Å²) >= 11 is 5.90. The molecular weight excluding hydrogens is 364 g/mol. The Hall–Kier alpha value is -1.75. The van der Waals surface area contributed by atoms with Gasteiger partial charge in [0.15, 0.2) is 6.61 Å². The van der Waals surface area contributed by atoms with Crippen LogP contribution in [-0.4, -0.2) is 24.5 Å². The molecule has 0 aliphatic heterocycles. The number of nitrogens with one attached hydrogen (secondary N) is 1. The molecule has 27 heavy (non-hydrogen) atoms. The first-order chi connectivity index (χ1) is 12.8. The van der Waals surface area contributed by atoms with Gasteiger partial charge in [0.1, 0.15) is 5.75 Å². The van der Waals surface area contributed by atoms with Crippen molar-refractivity contribution in [2.24, 2.45) is 28.9 Å². The van der Waals surface area contributed by atoms with Crippen molar-refractivity contribution in [1.82, 2.24) is 5.32 Å². The van der Waals surface area contributed by atoms with Gasteiger partial charge in [0.05, 0.1) is 5.56 Å². The Bertz CT molecular complexity index is 729. The molecule has 3 N–H and O–H groups in total. The molecule has 1 aromatic rings. The van der Waals surface area contributed by atoms with Crippen molar-refractivity contribution >= 4 is 23.4 Å². The Morgan fingerprint density at radius 3 is 2.37 bits per heavy atom. The summed E-state index contributed by atoms with van der Waals surface area (Å²) in [5, 5.41) is 3.56. The number of amides is 2. The van der Waals surface area contributed by atoms with Crippen molar-refractivity contribution < 1.29 is 14.3 Å². The molecule has 0 radical (unpaired) electrons. The molecule has 0 unspecified atom stereocenters. The van der Waals surface area contributed by atoms with Crippen molar-refractivity contribution in [3.8, 4) is 5.75 Å². The number of rotatable bonds is 6. The molecular formula is C21H27ClN2O3. The molecule has 0 heterocycles. The minimum absolute atomic E-state index is 0.140. The van der Waals surface area contributed by atoms with E-state index < -0.39 is 5.91 Å². The van der Waals surface area contributed by atoms with Gasteiger partial charge >= 0.3 is 0 Å². The van der Waals surface area contributed by atoms with Crippen molar-refractivity contribution in [1.29, 1.82) is 0 Å². The Morgan fingerprint density at radius 2 is 1.81 bits per heavy atom. The third-order valence-corrected chi connectivity index (χ3v) is 7.18. The van der Waals surface area contributed by atoms with Crippen molar-refractivity contribution in [2.75, 3.05) is 6.61 Å². The van der Waals surface area contributed by atoms with Gasteiger partial charge < -0.3 is 15.8 Å². The highest BCUT2D eigenvalue weighted by Crippen LogP contribution is 2.61. The first kappa shape index (κ1) is 18.6.